The molecule has 3 aromatic heterocycles. The topological polar surface area (TPSA) is 55.1 Å². The number of carbonyl (C=O) groups is 1. The lowest BCUT2D eigenvalue weighted by atomic mass is 10.1. The van der Waals surface area contributed by atoms with E-state index in [0.717, 1.165) is 31.4 Å². The standard InChI is InChI=1S/C20H18N2O2S3/c1-12-10-26-20(21-12)27-11-15-14-6-3-4-7-16(14)24-18(15)19(23)22-13(2)17-8-5-9-25-17/h3-10,13H,11H2,1-2H3,(H,22,23)/t13-/m1/s1. The minimum atomic E-state index is -0.182. The van der Waals surface area contributed by atoms with Crippen LogP contribution in [0.5, 0.6) is 0 Å². The van der Waals surface area contributed by atoms with E-state index < -0.39 is 0 Å². The van der Waals surface area contributed by atoms with Crippen molar-refractivity contribution in [2.45, 2.75) is 30.0 Å². The molecule has 1 aromatic carbocycles. The lowest BCUT2D eigenvalue weighted by molar-refractivity contribution is 0.0913. The Morgan fingerprint density at radius 1 is 1.26 bits per heavy atom. The number of hydrogen-bond acceptors (Lipinski definition) is 6. The summed E-state index contributed by atoms with van der Waals surface area (Å²) in [6.45, 7) is 3.97. The number of hydrogen-bond donors (Lipinski definition) is 1. The second kappa shape index (κ2) is 7.88. The summed E-state index contributed by atoms with van der Waals surface area (Å²) in [5.74, 6) is 0.846. The average molecular weight is 415 g/mol. The summed E-state index contributed by atoms with van der Waals surface area (Å²) >= 11 is 4.88. The van der Waals surface area contributed by atoms with Crippen molar-refractivity contribution in [3.63, 3.8) is 0 Å². The summed E-state index contributed by atoms with van der Waals surface area (Å²) in [5, 5.41) is 8.08. The van der Waals surface area contributed by atoms with Crippen LogP contribution in [0.2, 0.25) is 0 Å². The molecule has 0 aliphatic heterocycles. The summed E-state index contributed by atoms with van der Waals surface area (Å²) in [6, 6.07) is 11.7. The molecule has 3 heterocycles. The highest BCUT2D eigenvalue weighted by atomic mass is 32.2. The zero-order chi connectivity index (χ0) is 18.8. The number of benzene rings is 1. The highest BCUT2D eigenvalue weighted by Gasteiger charge is 2.22. The van der Waals surface area contributed by atoms with Crippen LogP contribution in [-0.4, -0.2) is 10.9 Å². The normalized spacial score (nSPS) is 12.4. The zero-order valence-corrected chi connectivity index (χ0v) is 17.3. The molecule has 1 N–H and O–H groups in total. The van der Waals surface area contributed by atoms with Crippen LogP contribution in [0.1, 0.15) is 39.7 Å². The Kier molecular flexibility index (Phi) is 5.33. The van der Waals surface area contributed by atoms with Gasteiger partial charge in [-0.05, 0) is 31.4 Å². The Labute approximate surface area is 169 Å². The lowest BCUT2D eigenvalue weighted by Gasteiger charge is -2.11. The summed E-state index contributed by atoms with van der Waals surface area (Å²) in [7, 11) is 0. The highest BCUT2D eigenvalue weighted by molar-refractivity contribution is 8.00. The second-order valence-electron chi connectivity index (χ2n) is 6.16. The third-order valence-corrected chi connectivity index (χ3v) is 7.38. The Hall–Kier alpha value is -2.09. The number of thiazole rings is 1. The summed E-state index contributed by atoms with van der Waals surface area (Å²) in [4.78, 5) is 18.6. The van der Waals surface area contributed by atoms with Crippen LogP contribution in [0.25, 0.3) is 11.0 Å². The van der Waals surface area contributed by atoms with Gasteiger partial charge in [-0.3, -0.25) is 4.79 Å². The second-order valence-corrected chi connectivity index (χ2v) is 9.22. The van der Waals surface area contributed by atoms with E-state index in [1.165, 1.54) is 0 Å². The number of aromatic nitrogens is 1. The first-order chi connectivity index (χ1) is 13.1. The molecule has 0 spiro atoms. The molecular formula is C20H18N2O2S3. The number of thiophene rings is 1. The van der Waals surface area contributed by atoms with Crippen LogP contribution in [0.15, 0.2) is 55.9 Å². The molecule has 0 saturated heterocycles. The third kappa shape index (κ3) is 3.95. The molecule has 7 heteroatoms. The molecule has 4 nitrogen and oxygen atoms in total. The van der Waals surface area contributed by atoms with Crippen LogP contribution in [-0.2, 0) is 5.75 Å². The van der Waals surface area contributed by atoms with E-state index >= 15 is 0 Å². The fraction of sp³-hybridized carbons (Fsp3) is 0.200. The quantitative estimate of drug-likeness (QED) is 0.391. The Bertz CT molecular complexity index is 1070. The summed E-state index contributed by atoms with van der Waals surface area (Å²) in [6.07, 6.45) is 0. The van der Waals surface area contributed by atoms with Gasteiger partial charge in [0.1, 0.15) is 9.92 Å². The van der Waals surface area contributed by atoms with Crippen molar-refractivity contribution in [3.8, 4) is 0 Å². The van der Waals surface area contributed by atoms with Gasteiger partial charge >= 0.3 is 0 Å². The highest BCUT2D eigenvalue weighted by Crippen LogP contribution is 2.33. The van der Waals surface area contributed by atoms with Crippen molar-refractivity contribution in [2.75, 3.05) is 0 Å². The molecule has 27 heavy (non-hydrogen) atoms. The first-order valence-electron chi connectivity index (χ1n) is 8.51. The van der Waals surface area contributed by atoms with Gasteiger partial charge in [0, 0.05) is 32.7 Å². The predicted octanol–water partition coefficient (Wildman–Crippen LogP) is 6.04. The largest absolute Gasteiger partial charge is 0.451 e. The minimum absolute atomic E-state index is 0.0622. The molecule has 0 radical (unpaired) electrons. The van der Waals surface area contributed by atoms with E-state index in [1.54, 1.807) is 34.4 Å². The van der Waals surface area contributed by atoms with Gasteiger partial charge in [-0.25, -0.2) is 4.98 Å². The lowest BCUT2D eigenvalue weighted by Crippen LogP contribution is -2.26. The monoisotopic (exact) mass is 414 g/mol. The molecule has 0 bridgehead atoms. The zero-order valence-electron chi connectivity index (χ0n) is 14.9. The number of nitrogens with one attached hydrogen (secondary N) is 1. The van der Waals surface area contributed by atoms with E-state index in [2.05, 4.69) is 10.3 Å². The van der Waals surface area contributed by atoms with E-state index in [1.807, 2.05) is 61.0 Å². The first kappa shape index (κ1) is 18.3. The maximum absolute atomic E-state index is 12.9. The number of fused-ring (bicyclic) bond motifs is 1. The Balaban J connectivity index is 1.61. The minimum Gasteiger partial charge on any atom is -0.451 e. The van der Waals surface area contributed by atoms with Crippen LogP contribution in [0.4, 0.5) is 0 Å². The first-order valence-corrected chi connectivity index (χ1v) is 11.3. The Morgan fingerprint density at radius 2 is 2.11 bits per heavy atom. The number of thioether (sulfide) groups is 1. The molecule has 0 aliphatic carbocycles. The van der Waals surface area contributed by atoms with E-state index in [4.69, 9.17) is 4.42 Å². The number of carbonyl (C=O) groups excluding carboxylic acids is 1. The van der Waals surface area contributed by atoms with Gasteiger partial charge in [-0.2, -0.15) is 0 Å². The molecule has 0 saturated carbocycles. The van der Waals surface area contributed by atoms with E-state index in [-0.39, 0.29) is 11.9 Å². The van der Waals surface area contributed by atoms with Crippen molar-refractivity contribution in [1.82, 2.24) is 10.3 Å². The van der Waals surface area contributed by atoms with Crippen molar-refractivity contribution in [1.29, 1.82) is 0 Å². The average Bonchev–Trinajstić information content (AvgIpc) is 3.39. The van der Waals surface area contributed by atoms with Crippen LogP contribution in [0, 0.1) is 6.92 Å². The third-order valence-electron chi connectivity index (χ3n) is 4.16. The summed E-state index contributed by atoms with van der Waals surface area (Å²) < 4.78 is 6.93. The number of aryl methyl sites for hydroxylation is 1. The van der Waals surface area contributed by atoms with Crippen molar-refractivity contribution >= 4 is 51.3 Å². The Morgan fingerprint density at radius 3 is 2.85 bits per heavy atom. The summed E-state index contributed by atoms with van der Waals surface area (Å²) in [5.41, 5.74) is 2.67. The van der Waals surface area contributed by atoms with Gasteiger partial charge in [0.2, 0.25) is 0 Å². The smallest absolute Gasteiger partial charge is 0.287 e. The van der Waals surface area contributed by atoms with Gasteiger partial charge in [-0.15, -0.1) is 22.7 Å². The van der Waals surface area contributed by atoms with Gasteiger partial charge in [0.15, 0.2) is 5.76 Å². The van der Waals surface area contributed by atoms with Crippen LogP contribution in [0.3, 0.4) is 0 Å². The van der Waals surface area contributed by atoms with Gasteiger partial charge in [-0.1, -0.05) is 36.0 Å². The van der Waals surface area contributed by atoms with Crippen LogP contribution >= 0.6 is 34.4 Å². The van der Waals surface area contributed by atoms with Gasteiger partial charge in [0.05, 0.1) is 6.04 Å². The maximum Gasteiger partial charge on any atom is 0.287 e. The van der Waals surface area contributed by atoms with Crippen molar-refractivity contribution in [2.24, 2.45) is 0 Å². The molecule has 4 rings (SSSR count). The number of furan rings is 1. The maximum atomic E-state index is 12.9. The molecule has 138 valence electrons. The SMILES string of the molecule is Cc1csc(SCc2c(C(=O)N[C@H](C)c3cccs3)oc3ccccc23)n1. The fourth-order valence-electron chi connectivity index (χ4n) is 2.83. The molecular weight excluding hydrogens is 396 g/mol. The molecule has 1 amide bonds. The van der Waals surface area contributed by atoms with E-state index in [9.17, 15) is 4.79 Å². The van der Waals surface area contributed by atoms with Gasteiger partial charge in [0.25, 0.3) is 5.91 Å². The molecule has 0 fully saturated rings. The van der Waals surface area contributed by atoms with Crippen molar-refractivity contribution < 1.29 is 9.21 Å². The number of amides is 1. The van der Waals surface area contributed by atoms with Crippen LogP contribution < -0.4 is 5.32 Å². The predicted molar refractivity (Wildman–Crippen MR) is 113 cm³/mol. The molecule has 0 unspecified atom stereocenters. The number of nitrogens with zero attached hydrogens (tertiary/aromatic N) is 1. The molecule has 4 aromatic rings. The number of para-hydroxylation sites is 1. The molecule has 1 atom stereocenters. The van der Waals surface area contributed by atoms with Gasteiger partial charge < -0.3 is 9.73 Å². The van der Waals surface area contributed by atoms with E-state index in [0.29, 0.717) is 11.5 Å². The number of rotatable bonds is 6. The molecule has 0 aliphatic rings. The fourth-order valence-corrected chi connectivity index (χ4v) is 5.44. The van der Waals surface area contributed by atoms with Crippen molar-refractivity contribution in [3.05, 3.63) is 69.1 Å².